The molecule has 1 aliphatic rings. The number of amides is 1. The van der Waals surface area contributed by atoms with Crippen LogP contribution in [-0.4, -0.2) is 37.1 Å². The van der Waals surface area contributed by atoms with E-state index in [4.69, 9.17) is 0 Å². The molecule has 29 heavy (non-hydrogen) atoms. The first-order valence-corrected chi connectivity index (χ1v) is 9.38. The summed E-state index contributed by atoms with van der Waals surface area (Å²) in [4.78, 5) is 21.1. The van der Waals surface area contributed by atoms with E-state index in [1.54, 1.807) is 12.1 Å². The molecule has 0 radical (unpaired) electrons. The van der Waals surface area contributed by atoms with Crippen LogP contribution in [0.5, 0.6) is 0 Å². The van der Waals surface area contributed by atoms with Crippen LogP contribution >= 0.6 is 0 Å². The quantitative estimate of drug-likeness (QED) is 0.728. The number of halogens is 2. The van der Waals surface area contributed by atoms with Gasteiger partial charge in [0.2, 0.25) is 0 Å². The fraction of sp³-hybridized carbons (Fsp3) is 0.182. The third-order valence-corrected chi connectivity index (χ3v) is 4.94. The Bertz CT molecular complexity index is 967. The van der Waals surface area contributed by atoms with Crippen LogP contribution in [0.4, 0.5) is 26.0 Å². The number of para-hydroxylation sites is 2. The van der Waals surface area contributed by atoms with E-state index in [1.165, 1.54) is 18.0 Å². The van der Waals surface area contributed by atoms with Crippen LogP contribution in [0, 0.1) is 11.6 Å². The Morgan fingerprint density at radius 1 is 0.828 bits per heavy atom. The summed E-state index contributed by atoms with van der Waals surface area (Å²) in [5.74, 6) is -1.48. The summed E-state index contributed by atoms with van der Waals surface area (Å²) in [5, 5.41) is 2.27. The molecule has 7 heteroatoms. The Morgan fingerprint density at radius 3 is 2.10 bits per heavy atom. The zero-order valence-corrected chi connectivity index (χ0v) is 15.7. The van der Waals surface area contributed by atoms with E-state index in [2.05, 4.69) is 32.2 Å². The standard InChI is InChI=1S/C22H20F2N4O/c23-18-7-4-8-19(24)21(18)26-22(29)16-9-10-20(25-15-16)28-13-11-27(12-14-28)17-5-2-1-3-6-17/h1-10,15H,11-14H2,(H,26,29). The molecule has 5 nitrogen and oxygen atoms in total. The molecular formula is C22H20F2N4O. The van der Waals surface area contributed by atoms with Gasteiger partial charge in [-0.2, -0.15) is 0 Å². The summed E-state index contributed by atoms with van der Waals surface area (Å²) in [6.45, 7) is 3.38. The van der Waals surface area contributed by atoms with Gasteiger partial charge in [-0.3, -0.25) is 4.79 Å². The van der Waals surface area contributed by atoms with Crippen LogP contribution in [0.1, 0.15) is 10.4 Å². The zero-order chi connectivity index (χ0) is 20.2. The monoisotopic (exact) mass is 394 g/mol. The molecule has 0 bridgehead atoms. The second-order valence-electron chi connectivity index (χ2n) is 6.77. The molecule has 1 amide bonds. The smallest absolute Gasteiger partial charge is 0.257 e. The SMILES string of the molecule is O=C(Nc1c(F)cccc1F)c1ccc(N2CCN(c3ccccc3)CC2)nc1. The summed E-state index contributed by atoms with van der Waals surface area (Å²) >= 11 is 0. The van der Waals surface area contributed by atoms with Crippen LogP contribution in [0.3, 0.4) is 0 Å². The third kappa shape index (κ3) is 4.18. The fourth-order valence-electron chi connectivity index (χ4n) is 3.34. The lowest BCUT2D eigenvalue weighted by Crippen LogP contribution is -2.46. The Hall–Kier alpha value is -3.48. The van der Waals surface area contributed by atoms with Crippen LogP contribution in [0.2, 0.25) is 0 Å². The van der Waals surface area contributed by atoms with E-state index in [0.717, 1.165) is 44.1 Å². The molecule has 2 heterocycles. The molecule has 0 atom stereocenters. The second-order valence-corrected chi connectivity index (χ2v) is 6.77. The topological polar surface area (TPSA) is 48.5 Å². The van der Waals surface area contributed by atoms with Gasteiger partial charge in [0.15, 0.2) is 0 Å². The molecule has 1 aliphatic heterocycles. The van der Waals surface area contributed by atoms with E-state index in [-0.39, 0.29) is 5.56 Å². The molecule has 3 aromatic rings. The molecule has 0 saturated carbocycles. The van der Waals surface area contributed by atoms with Gasteiger partial charge < -0.3 is 15.1 Å². The van der Waals surface area contributed by atoms with Crippen molar-refractivity contribution in [1.82, 2.24) is 4.98 Å². The minimum Gasteiger partial charge on any atom is -0.368 e. The van der Waals surface area contributed by atoms with Crippen molar-refractivity contribution in [3.8, 4) is 0 Å². The van der Waals surface area contributed by atoms with Crippen molar-refractivity contribution in [2.75, 3.05) is 41.3 Å². The second kappa shape index (κ2) is 8.26. The van der Waals surface area contributed by atoms with Crippen LogP contribution < -0.4 is 15.1 Å². The summed E-state index contributed by atoms with van der Waals surface area (Å²) in [5.41, 5.74) is 0.977. The number of pyridine rings is 1. The number of aromatic nitrogens is 1. The Balaban J connectivity index is 1.39. The van der Waals surface area contributed by atoms with Gasteiger partial charge >= 0.3 is 0 Å². The highest BCUT2D eigenvalue weighted by atomic mass is 19.1. The predicted molar refractivity (Wildman–Crippen MR) is 109 cm³/mol. The average Bonchev–Trinajstić information content (AvgIpc) is 2.77. The van der Waals surface area contributed by atoms with Crippen molar-refractivity contribution in [1.29, 1.82) is 0 Å². The predicted octanol–water partition coefficient (Wildman–Crippen LogP) is 3.94. The number of anilines is 3. The molecule has 148 valence electrons. The highest BCUT2D eigenvalue weighted by Crippen LogP contribution is 2.21. The molecule has 4 rings (SSSR count). The maximum absolute atomic E-state index is 13.7. The minimum atomic E-state index is -0.820. The number of hydrogen-bond acceptors (Lipinski definition) is 4. The van der Waals surface area contributed by atoms with Gasteiger partial charge in [-0.15, -0.1) is 0 Å². The number of carbonyl (C=O) groups is 1. The molecule has 0 aliphatic carbocycles. The van der Waals surface area contributed by atoms with Gasteiger partial charge in [-0.25, -0.2) is 13.8 Å². The minimum absolute atomic E-state index is 0.235. The van der Waals surface area contributed by atoms with Gasteiger partial charge in [0.25, 0.3) is 5.91 Å². The Labute approximate surface area is 167 Å². The summed E-state index contributed by atoms with van der Waals surface area (Å²) in [6.07, 6.45) is 1.42. The highest BCUT2D eigenvalue weighted by molar-refractivity contribution is 6.04. The normalized spacial score (nSPS) is 14.0. The lowest BCUT2D eigenvalue weighted by Gasteiger charge is -2.36. The summed E-state index contributed by atoms with van der Waals surface area (Å²) < 4.78 is 27.4. The molecule has 0 unspecified atom stereocenters. The van der Waals surface area contributed by atoms with Gasteiger partial charge in [0, 0.05) is 38.1 Å². The maximum atomic E-state index is 13.7. The third-order valence-electron chi connectivity index (χ3n) is 4.94. The first kappa shape index (κ1) is 18.9. The summed E-state index contributed by atoms with van der Waals surface area (Å²) in [6, 6.07) is 17.0. The molecular weight excluding hydrogens is 374 g/mol. The Kier molecular flexibility index (Phi) is 5.37. The molecule has 2 aromatic carbocycles. The van der Waals surface area contributed by atoms with Crippen LogP contribution in [-0.2, 0) is 0 Å². The number of carbonyl (C=O) groups excluding carboxylic acids is 1. The van der Waals surface area contributed by atoms with E-state index in [0.29, 0.717) is 0 Å². The number of nitrogens with one attached hydrogen (secondary N) is 1. The first-order valence-electron chi connectivity index (χ1n) is 9.38. The average molecular weight is 394 g/mol. The van der Waals surface area contributed by atoms with E-state index in [9.17, 15) is 13.6 Å². The van der Waals surface area contributed by atoms with E-state index in [1.807, 2.05) is 18.2 Å². The highest BCUT2D eigenvalue weighted by Gasteiger charge is 2.19. The van der Waals surface area contributed by atoms with Gasteiger partial charge in [-0.05, 0) is 36.4 Å². The number of benzene rings is 2. The molecule has 1 aromatic heterocycles. The lowest BCUT2D eigenvalue weighted by molar-refractivity contribution is 0.102. The summed E-state index contributed by atoms with van der Waals surface area (Å²) in [7, 11) is 0. The van der Waals surface area contributed by atoms with Crippen molar-refractivity contribution in [3.05, 3.63) is 84.1 Å². The first-order chi connectivity index (χ1) is 14.1. The molecule has 0 spiro atoms. The number of rotatable bonds is 4. The maximum Gasteiger partial charge on any atom is 0.257 e. The largest absolute Gasteiger partial charge is 0.368 e. The van der Waals surface area contributed by atoms with Crippen LogP contribution in [0.15, 0.2) is 66.9 Å². The van der Waals surface area contributed by atoms with E-state index < -0.39 is 23.2 Å². The van der Waals surface area contributed by atoms with Gasteiger partial charge in [-0.1, -0.05) is 24.3 Å². The van der Waals surface area contributed by atoms with E-state index >= 15 is 0 Å². The molecule has 1 saturated heterocycles. The zero-order valence-electron chi connectivity index (χ0n) is 15.7. The number of piperazine rings is 1. The van der Waals surface area contributed by atoms with Crippen molar-refractivity contribution in [2.24, 2.45) is 0 Å². The van der Waals surface area contributed by atoms with Gasteiger partial charge in [0.1, 0.15) is 23.1 Å². The van der Waals surface area contributed by atoms with Crippen molar-refractivity contribution < 1.29 is 13.6 Å². The molecule has 1 fully saturated rings. The number of nitrogens with zero attached hydrogens (tertiary/aromatic N) is 3. The van der Waals surface area contributed by atoms with Gasteiger partial charge in [0.05, 0.1) is 5.56 Å². The Morgan fingerprint density at radius 2 is 1.48 bits per heavy atom. The van der Waals surface area contributed by atoms with Crippen LogP contribution in [0.25, 0.3) is 0 Å². The van der Waals surface area contributed by atoms with Crippen molar-refractivity contribution in [3.63, 3.8) is 0 Å². The fourth-order valence-corrected chi connectivity index (χ4v) is 3.34. The van der Waals surface area contributed by atoms with Crippen molar-refractivity contribution in [2.45, 2.75) is 0 Å². The lowest BCUT2D eigenvalue weighted by atomic mass is 10.2. The number of hydrogen-bond donors (Lipinski definition) is 1. The molecule has 1 N–H and O–H groups in total. The van der Waals surface area contributed by atoms with Crippen molar-refractivity contribution >= 4 is 23.1 Å².